The van der Waals surface area contributed by atoms with Gasteiger partial charge in [-0.25, -0.2) is 0 Å². The Labute approximate surface area is 166 Å². The summed E-state index contributed by atoms with van der Waals surface area (Å²) in [5.74, 6) is 1.33. The van der Waals surface area contributed by atoms with E-state index in [0.717, 1.165) is 22.6 Å². The van der Waals surface area contributed by atoms with Crippen molar-refractivity contribution in [3.63, 3.8) is 0 Å². The van der Waals surface area contributed by atoms with Crippen LogP contribution in [-0.4, -0.2) is 38.2 Å². The average Bonchev–Trinajstić information content (AvgIpc) is 3.35. The summed E-state index contributed by atoms with van der Waals surface area (Å²) in [7, 11) is 0. The van der Waals surface area contributed by atoms with Gasteiger partial charge in [-0.2, -0.15) is 4.68 Å². The summed E-state index contributed by atoms with van der Waals surface area (Å²) in [5.41, 5.74) is 2.95. The molecule has 1 atom stereocenters. The van der Waals surface area contributed by atoms with E-state index < -0.39 is 0 Å². The number of rotatable bonds is 6. The summed E-state index contributed by atoms with van der Waals surface area (Å²) in [6, 6.07) is 13.5. The van der Waals surface area contributed by atoms with Crippen LogP contribution >= 0.6 is 11.8 Å². The van der Waals surface area contributed by atoms with Gasteiger partial charge in [0.25, 0.3) is 0 Å². The fraction of sp³-hybridized carbons (Fsp3) is 0.263. The number of carbonyl (C=O) groups excluding carboxylic acids is 1. The van der Waals surface area contributed by atoms with Crippen LogP contribution in [0.3, 0.4) is 0 Å². The SMILES string of the molecule is Cc1ccc(-n2nnnc2S[C@H](C)C(=O)NCc2ccc3c(c2)OCO3)cc1. The molecule has 0 unspecified atom stereocenters. The molecule has 1 N–H and O–H groups in total. The van der Waals surface area contributed by atoms with Crippen LogP contribution in [0.2, 0.25) is 0 Å². The zero-order valence-corrected chi connectivity index (χ0v) is 16.3. The summed E-state index contributed by atoms with van der Waals surface area (Å²) in [6.45, 7) is 4.48. The molecule has 1 aliphatic heterocycles. The number of nitrogens with zero attached hydrogens (tertiary/aromatic N) is 4. The van der Waals surface area contributed by atoms with E-state index in [1.807, 2.05) is 56.3 Å². The highest BCUT2D eigenvalue weighted by Gasteiger charge is 2.19. The molecule has 3 aromatic rings. The van der Waals surface area contributed by atoms with Crippen molar-refractivity contribution in [3.05, 3.63) is 53.6 Å². The molecule has 0 aliphatic carbocycles. The van der Waals surface area contributed by atoms with Crippen molar-refractivity contribution in [3.8, 4) is 17.2 Å². The highest BCUT2D eigenvalue weighted by molar-refractivity contribution is 8.00. The Bertz CT molecular complexity index is 989. The number of amides is 1. The van der Waals surface area contributed by atoms with Gasteiger partial charge in [0.15, 0.2) is 11.5 Å². The predicted molar refractivity (Wildman–Crippen MR) is 104 cm³/mol. The van der Waals surface area contributed by atoms with Crippen molar-refractivity contribution in [2.75, 3.05) is 6.79 Å². The van der Waals surface area contributed by atoms with Crippen LogP contribution in [0.25, 0.3) is 5.69 Å². The monoisotopic (exact) mass is 397 g/mol. The van der Waals surface area contributed by atoms with Gasteiger partial charge in [-0.1, -0.05) is 35.5 Å². The minimum atomic E-state index is -0.357. The first-order valence-corrected chi connectivity index (χ1v) is 9.66. The number of hydrogen-bond acceptors (Lipinski definition) is 7. The lowest BCUT2D eigenvalue weighted by atomic mass is 10.2. The minimum absolute atomic E-state index is 0.0962. The lowest BCUT2D eigenvalue weighted by molar-refractivity contribution is -0.120. The molecule has 0 saturated carbocycles. The molecule has 144 valence electrons. The fourth-order valence-corrected chi connectivity index (χ4v) is 3.53. The third-order valence-electron chi connectivity index (χ3n) is 4.27. The number of nitrogens with one attached hydrogen (secondary N) is 1. The second kappa shape index (κ2) is 7.89. The van der Waals surface area contributed by atoms with Crippen LogP contribution in [0, 0.1) is 6.92 Å². The lowest BCUT2D eigenvalue weighted by Crippen LogP contribution is -2.30. The molecule has 0 fully saturated rings. The first kappa shape index (κ1) is 18.3. The second-order valence-electron chi connectivity index (χ2n) is 6.37. The van der Waals surface area contributed by atoms with Crippen LogP contribution in [0.15, 0.2) is 47.6 Å². The Hall–Kier alpha value is -3.07. The Morgan fingerprint density at radius 3 is 2.82 bits per heavy atom. The number of carbonyl (C=O) groups is 1. The summed E-state index contributed by atoms with van der Waals surface area (Å²) >= 11 is 1.31. The zero-order chi connectivity index (χ0) is 19.5. The molecule has 4 rings (SSSR count). The molecular formula is C19H19N5O3S. The Morgan fingerprint density at radius 1 is 1.21 bits per heavy atom. The highest BCUT2D eigenvalue weighted by atomic mass is 32.2. The summed E-state index contributed by atoms with van der Waals surface area (Å²) in [6.07, 6.45) is 0. The van der Waals surface area contributed by atoms with Crippen LogP contribution in [-0.2, 0) is 11.3 Å². The van der Waals surface area contributed by atoms with Crippen LogP contribution < -0.4 is 14.8 Å². The van der Waals surface area contributed by atoms with Crippen molar-refractivity contribution < 1.29 is 14.3 Å². The van der Waals surface area contributed by atoms with Gasteiger partial charge in [0, 0.05) is 6.54 Å². The molecular weight excluding hydrogens is 378 g/mol. The number of hydrogen-bond donors (Lipinski definition) is 1. The van der Waals surface area contributed by atoms with Crippen LogP contribution in [0.5, 0.6) is 11.5 Å². The van der Waals surface area contributed by atoms with E-state index in [0.29, 0.717) is 17.5 Å². The van der Waals surface area contributed by atoms with Gasteiger partial charge < -0.3 is 14.8 Å². The number of aryl methyl sites for hydroxylation is 1. The molecule has 0 radical (unpaired) electrons. The maximum atomic E-state index is 12.5. The fourth-order valence-electron chi connectivity index (χ4n) is 2.70. The average molecular weight is 397 g/mol. The standard InChI is InChI=1S/C19H19N5O3S/c1-12-3-6-15(7-4-12)24-19(21-22-23-24)28-13(2)18(25)20-10-14-5-8-16-17(9-14)27-11-26-16/h3-9,13H,10-11H2,1-2H3,(H,20,25)/t13-/m1/s1. The second-order valence-corrected chi connectivity index (χ2v) is 7.68. The molecule has 9 heteroatoms. The molecule has 2 heterocycles. The zero-order valence-electron chi connectivity index (χ0n) is 15.5. The number of thioether (sulfide) groups is 1. The predicted octanol–water partition coefficient (Wildman–Crippen LogP) is 2.50. The third kappa shape index (κ3) is 3.94. The molecule has 8 nitrogen and oxygen atoms in total. The summed E-state index contributed by atoms with van der Waals surface area (Å²) in [4.78, 5) is 12.5. The van der Waals surface area contributed by atoms with E-state index in [2.05, 4.69) is 20.8 Å². The van der Waals surface area contributed by atoms with E-state index >= 15 is 0 Å². The minimum Gasteiger partial charge on any atom is -0.454 e. The lowest BCUT2D eigenvalue weighted by Gasteiger charge is -2.12. The number of aromatic nitrogens is 4. The molecule has 1 amide bonds. The van der Waals surface area contributed by atoms with Gasteiger partial charge in [0.2, 0.25) is 17.9 Å². The van der Waals surface area contributed by atoms with E-state index in [9.17, 15) is 4.79 Å². The molecule has 0 bridgehead atoms. The summed E-state index contributed by atoms with van der Waals surface area (Å²) < 4.78 is 12.3. The Kier molecular flexibility index (Phi) is 5.16. The number of ether oxygens (including phenoxy) is 2. The Morgan fingerprint density at radius 2 is 2.00 bits per heavy atom. The third-order valence-corrected chi connectivity index (χ3v) is 5.31. The molecule has 1 aliphatic rings. The molecule has 2 aromatic carbocycles. The number of fused-ring (bicyclic) bond motifs is 1. The van der Waals surface area contributed by atoms with Gasteiger partial charge in [-0.15, -0.1) is 5.10 Å². The Balaban J connectivity index is 1.37. The van der Waals surface area contributed by atoms with Crippen LogP contribution in [0.4, 0.5) is 0 Å². The maximum Gasteiger partial charge on any atom is 0.233 e. The normalized spacial score (nSPS) is 13.4. The molecule has 0 saturated heterocycles. The number of tetrazole rings is 1. The van der Waals surface area contributed by atoms with Gasteiger partial charge in [0.1, 0.15) is 0 Å². The van der Waals surface area contributed by atoms with Crippen molar-refractivity contribution in [2.45, 2.75) is 30.8 Å². The van der Waals surface area contributed by atoms with E-state index in [1.165, 1.54) is 11.8 Å². The van der Waals surface area contributed by atoms with E-state index in [1.54, 1.807) is 4.68 Å². The van der Waals surface area contributed by atoms with Crippen LogP contribution in [0.1, 0.15) is 18.1 Å². The van der Waals surface area contributed by atoms with Crippen molar-refractivity contribution in [1.29, 1.82) is 0 Å². The summed E-state index contributed by atoms with van der Waals surface area (Å²) in [5, 5.41) is 15.0. The topological polar surface area (TPSA) is 91.2 Å². The number of benzene rings is 2. The maximum absolute atomic E-state index is 12.5. The first-order valence-electron chi connectivity index (χ1n) is 8.78. The van der Waals surface area contributed by atoms with Gasteiger partial charge >= 0.3 is 0 Å². The highest BCUT2D eigenvalue weighted by Crippen LogP contribution is 2.32. The van der Waals surface area contributed by atoms with Crippen molar-refractivity contribution >= 4 is 17.7 Å². The molecule has 0 spiro atoms. The largest absolute Gasteiger partial charge is 0.454 e. The van der Waals surface area contributed by atoms with E-state index in [-0.39, 0.29) is 18.0 Å². The molecule has 1 aromatic heterocycles. The quantitative estimate of drug-likeness (QED) is 0.639. The molecule has 28 heavy (non-hydrogen) atoms. The van der Waals surface area contributed by atoms with Gasteiger partial charge in [-0.05, 0) is 54.1 Å². The van der Waals surface area contributed by atoms with Crippen molar-refractivity contribution in [2.24, 2.45) is 0 Å². The first-order chi connectivity index (χ1) is 13.6. The van der Waals surface area contributed by atoms with Gasteiger partial charge in [-0.3, -0.25) is 4.79 Å². The smallest absolute Gasteiger partial charge is 0.233 e. The van der Waals surface area contributed by atoms with Crippen molar-refractivity contribution in [1.82, 2.24) is 25.5 Å². The van der Waals surface area contributed by atoms with E-state index in [4.69, 9.17) is 9.47 Å². The van der Waals surface area contributed by atoms with Gasteiger partial charge in [0.05, 0.1) is 10.9 Å².